The quantitative estimate of drug-likeness (QED) is 0.823. The van der Waals surface area contributed by atoms with Crippen LogP contribution in [0, 0.1) is 0 Å². The van der Waals surface area contributed by atoms with E-state index in [0.717, 1.165) is 5.56 Å². The lowest BCUT2D eigenvalue weighted by Crippen LogP contribution is -2.50. The number of rotatable bonds is 5. The van der Waals surface area contributed by atoms with E-state index in [1.165, 1.54) is 0 Å². The topological polar surface area (TPSA) is 86.8 Å². The second kappa shape index (κ2) is 7.88. The molecule has 3 rings (SSSR count). The minimum Gasteiger partial charge on any atom is -0.334 e. The average molecular weight is 394 g/mol. The van der Waals surface area contributed by atoms with Crippen molar-refractivity contribution in [3.8, 4) is 0 Å². The Balaban J connectivity index is 1.61. The van der Waals surface area contributed by atoms with Crippen LogP contribution in [0.4, 0.5) is 4.79 Å². The van der Waals surface area contributed by atoms with E-state index in [1.807, 2.05) is 44.2 Å². The first-order valence-corrected chi connectivity index (χ1v) is 11.2. The third-order valence-electron chi connectivity index (χ3n) is 5.49. The van der Waals surface area contributed by atoms with Crippen molar-refractivity contribution in [2.75, 3.05) is 24.6 Å². The first-order valence-electron chi connectivity index (χ1n) is 9.42. The SMILES string of the molecule is CCN(C(=O)NC1CC(=O)N(C(C)c2ccccc2)C1)C1CCS(=O)(=O)C1. The highest BCUT2D eigenvalue weighted by Crippen LogP contribution is 2.26. The van der Waals surface area contributed by atoms with Crippen molar-refractivity contribution >= 4 is 21.8 Å². The molecular formula is C19H27N3O4S. The molecule has 0 aromatic heterocycles. The summed E-state index contributed by atoms with van der Waals surface area (Å²) < 4.78 is 23.4. The van der Waals surface area contributed by atoms with Crippen LogP contribution in [0.3, 0.4) is 0 Å². The van der Waals surface area contributed by atoms with E-state index in [2.05, 4.69) is 5.32 Å². The Labute approximate surface area is 160 Å². The summed E-state index contributed by atoms with van der Waals surface area (Å²) in [6, 6.07) is 8.93. The molecule has 148 valence electrons. The molecule has 2 fully saturated rings. The fourth-order valence-electron chi connectivity index (χ4n) is 3.96. The van der Waals surface area contributed by atoms with Crippen molar-refractivity contribution in [1.82, 2.24) is 15.1 Å². The van der Waals surface area contributed by atoms with Gasteiger partial charge in [0.2, 0.25) is 5.91 Å². The van der Waals surface area contributed by atoms with Gasteiger partial charge >= 0.3 is 6.03 Å². The molecule has 7 nitrogen and oxygen atoms in total. The Bertz CT molecular complexity index is 796. The van der Waals surface area contributed by atoms with Gasteiger partial charge in [-0.25, -0.2) is 13.2 Å². The smallest absolute Gasteiger partial charge is 0.317 e. The van der Waals surface area contributed by atoms with Crippen LogP contribution in [0.1, 0.15) is 38.3 Å². The van der Waals surface area contributed by atoms with Gasteiger partial charge in [-0.3, -0.25) is 4.79 Å². The van der Waals surface area contributed by atoms with E-state index in [0.29, 0.717) is 19.5 Å². The first-order chi connectivity index (χ1) is 12.8. The van der Waals surface area contributed by atoms with E-state index in [9.17, 15) is 18.0 Å². The number of benzene rings is 1. The lowest BCUT2D eigenvalue weighted by molar-refractivity contribution is -0.129. The number of nitrogens with zero attached hydrogens (tertiary/aromatic N) is 2. The lowest BCUT2D eigenvalue weighted by atomic mass is 10.1. The van der Waals surface area contributed by atoms with Gasteiger partial charge in [-0.15, -0.1) is 0 Å². The third-order valence-corrected chi connectivity index (χ3v) is 7.24. The van der Waals surface area contributed by atoms with Crippen molar-refractivity contribution in [1.29, 1.82) is 0 Å². The Kier molecular flexibility index (Phi) is 5.74. The van der Waals surface area contributed by atoms with Gasteiger partial charge in [0, 0.05) is 25.6 Å². The molecule has 8 heteroatoms. The fraction of sp³-hybridized carbons (Fsp3) is 0.579. The Morgan fingerprint density at radius 3 is 2.63 bits per heavy atom. The number of urea groups is 1. The zero-order valence-corrected chi connectivity index (χ0v) is 16.6. The zero-order valence-electron chi connectivity index (χ0n) is 15.8. The van der Waals surface area contributed by atoms with Crippen LogP contribution in [0.2, 0.25) is 0 Å². The van der Waals surface area contributed by atoms with Crippen LogP contribution >= 0.6 is 0 Å². The van der Waals surface area contributed by atoms with Gasteiger partial charge in [0.25, 0.3) is 0 Å². The maximum atomic E-state index is 12.7. The summed E-state index contributed by atoms with van der Waals surface area (Å²) in [4.78, 5) is 28.5. The van der Waals surface area contributed by atoms with Crippen molar-refractivity contribution in [2.45, 2.75) is 44.8 Å². The molecule has 2 aliphatic rings. The molecular weight excluding hydrogens is 366 g/mol. The number of carbonyl (C=O) groups is 2. The van der Waals surface area contributed by atoms with Gasteiger partial charge in [-0.2, -0.15) is 0 Å². The Morgan fingerprint density at radius 1 is 1.33 bits per heavy atom. The van der Waals surface area contributed by atoms with E-state index in [1.54, 1.807) is 9.80 Å². The van der Waals surface area contributed by atoms with Crippen molar-refractivity contribution < 1.29 is 18.0 Å². The molecule has 1 aromatic carbocycles. The number of sulfone groups is 1. The maximum Gasteiger partial charge on any atom is 0.317 e. The van der Waals surface area contributed by atoms with Crippen LogP contribution in [-0.4, -0.2) is 66.8 Å². The van der Waals surface area contributed by atoms with Gasteiger partial charge in [0.1, 0.15) is 0 Å². The highest BCUT2D eigenvalue weighted by atomic mass is 32.2. The summed E-state index contributed by atoms with van der Waals surface area (Å²) in [6.07, 6.45) is 0.744. The molecule has 2 aliphatic heterocycles. The maximum absolute atomic E-state index is 12.7. The number of hydrogen-bond donors (Lipinski definition) is 1. The predicted molar refractivity (Wildman–Crippen MR) is 103 cm³/mol. The lowest BCUT2D eigenvalue weighted by Gasteiger charge is -2.29. The first kappa shape index (κ1) is 19.7. The molecule has 3 unspecified atom stereocenters. The molecule has 3 atom stereocenters. The molecule has 0 radical (unpaired) electrons. The molecule has 1 aromatic rings. The molecule has 1 N–H and O–H groups in total. The number of hydrogen-bond acceptors (Lipinski definition) is 4. The Morgan fingerprint density at radius 2 is 2.04 bits per heavy atom. The van der Waals surface area contributed by atoms with Crippen LogP contribution in [0.15, 0.2) is 30.3 Å². The summed E-state index contributed by atoms with van der Waals surface area (Å²) in [5.41, 5.74) is 1.06. The van der Waals surface area contributed by atoms with Crippen molar-refractivity contribution in [3.63, 3.8) is 0 Å². The second-order valence-electron chi connectivity index (χ2n) is 7.33. The molecule has 27 heavy (non-hydrogen) atoms. The van der Waals surface area contributed by atoms with E-state index >= 15 is 0 Å². The molecule has 2 heterocycles. The minimum atomic E-state index is -3.05. The second-order valence-corrected chi connectivity index (χ2v) is 9.55. The largest absolute Gasteiger partial charge is 0.334 e. The third kappa shape index (κ3) is 4.43. The van der Waals surface area contributed by atoms with Gasteiger partial charge in [0.05, 0.1) is 23.6 Å². The van der Waals surface area contributed by atoms with Crippen molar-refractivity contribution in [3.05, 3.63) is 35.9 Å². The van der Waals surface area contributed by atoms with Gasteiger partial charge in [-0.1, -0.05) is 30.3 Å². The summed E-state index contributed by atoms with van der Waals surface area (Å²) >= 11 is 0. The highest BCUT2D eigenvalue weighted by Gasteiger charge is 2.37. The van der Waals surface area contributed by atoms with Crippen LogP contribution in [0.5, 0.6) is 0 Å². The number of amides is 3. The number of nitrogens with one attached hydrogen (secondary N) is 1. The molecule has 0 spiro atoms. The summed E-state index contributed by atoms with van der Waals surface area (Å²) in [5.74, 6) is 0.170. The predicted octanol–water partition coefficient (Wildman–Crippen LogP) is 1.57. The normalized spacial score (nSPS) is 25.4. The van der Waals surface area contributed by atoms with Crippen LogP contribution in [-0.2, 0) is 14.6 Å². The number of carbonyl (C=O) groups excluding carboxylic acids is 2. The average Bonchev–Trinajstić information content (AvgIpc) is 3.17. The Hall–Kier alpha value is -2.09. The number of likely N-dealkylation sites (tertiary alicyclic amines) is 1. The van der Waals surface area contributed by atoms with Gasteiger partial charge in [0.15, 0.2) is 9.84 Å². The van der Waals surface area contributed by atoms with Gasteiger partial charge < -0.3 is 15.1 Å². The summed E-state index contributed by atoms with van der Waals surface area (Å²) in [7, 11) is -3.05. The molecule has 3 amide bonds. The van der Waals surface area contributed by atoms with E-state index < -0.39 is 9.84 Å². The summed E-state index contributed by atoms with van der Waals surface area (Å²) in [6.45, 7) is 4.73. The standard InChI is InChI=1S/C19H27N3O4S/c1-3-21(17-9-10-27(25,26)13-17)19(24)20-16-11-18(23)22(12-16)14(2)15-7-5-4-6-8-15/h4-8,14,16-17H,3,9-13H2,1-2H3,(H,20,24). The monoisotopic (exact) mass is 393 g/mol. The molecule has 0 aliphatic carbocycles. The zero-order chi connectivity index (χ0) is 19.6. The minimum absolute atomic E-state index is 0.0168. The van der Waals surface area contributed by atoms with Crippen molar-refractivity contribution in [2.24, 2.45) is 0 Å². The van der Waals surface area contributed by atoms with Crippen LogP contribution < -0.4 is 5.32 Å². The van der Waals surface area contributed by atoms with Crippen LogP contribution in [0.25, 0.3) is 0 Å². The van der Waals surface area contributed by atoms with E-state index in [4.69, 9.17) is 0 Å². The highest BCUT2D eigenvalue weighted by molar-refractivity contribution is 7.91. The fourth-order valence-corrected chi connectivity index (χ4v) is 5.69. The molecule has 0 bridgehead atoms. The van der Waals surface area contributed by atoms with E-state index in [-0.39, 0.29) is 48.0 Å². The summed E-state index contributed by atoms with van der Waals surface area (Å²) in [5, 5.41) is 2.93. The van der Waals surface area contributed by atoms with Gasteiger partial charge in [-0.05, 0) is 25.8 Å². The molecule has 2 saturated heterocycles. The molecule has 0 saturated carbocycles.